The highest BCUT2D eigenvalue weighted by atomic mass is 35.5. The van der Waals surface area contributed by atoms with Crippen LogP contribution in [0.15, 0.2) is 30.3 Å². The maximum atomic E-state index is 12.9. The van der Waals surface area contributed by atoms with E-state index in [0.29, 0.717) is 10.7 Å². The topological polar surface area (TPSA) is 37.0 Å². The average molecular weight is 316 g/mol. The summed E-state index contributed by atoms with van der Waals surface area (Å²) < 4.78 is 38.6. The van der Waals surface area contributed by atoms with E-state index in [1.54, 1.807) is 12.1 Å². The van der Waals surface area contributed by atoms with Gasteiger partial charge in [0.05, 0.1) is 16.3 Å². The van der Waals surface area contributed by atoms with Crippen LogP contribution in [0.4, 0.5) is 30.5 Å². The van der Waals surface area contributed by atoms with Crippen molar-refractivity contribution in [3.8, 4) is 0 Å². The van der Waals surface area contributed by atoms with E-state index in [4.69, 9.17) is 11.6 Å². The fourth-order valence-corrected chi connectivity index (χ4v) is 1.92. The molecule has 7 heteroatoms. The van der Waals surface area contributed by atoms with Gasteiger partial charge in [-0.1, -0.05) is 17.7 Å². The zero-order valence-electron chi connectivity index (χ0n) is 11.3. The summed E-state index contributed by atoms with van der Waals surface area (Å²) >= 11 is 6.02. The Kier molecular flexibility index (Phi) is 4.27. The van der Waals surface area contributed by atoms with Crippen LogP contribution in [-0.4, -0.2) is 12.0 Å². The number of pyridine rings is 1. The summed E-state index contributed by atoms with van der Waals surface area (Å²) in [6, 6.07) is 7.11. The molecule has 21 heavy (non-hydrogen) atoms. The molecule has 3 nitrogen and oxygen atoms in total. The summed E-state index contributed by atoms with van der Waals surface area (Å²) in [4.78, 5) is 4.05. The lowest BCUT2D eigenvalue weighted by Gasteiger charge is -2.13. The molecule has 0 saturated carbocycles. The molecule has 0 amide bonds. The van der Waals surface area contributed by atoms with Crippen molar-refractivity contribution >= 4 is 28.9 Å². The van der Waals surface area contributed by atoms with Crippen LogP contribution in [0.1, 0.15) is 11.1 Å². The molecule has 0 bridgehead atoms. The maximum absolute atomic E-state index is 12.9. The lowest BCUT2D eigenvalue weighted by Crippen LogP contribution is -2.08. The Bertz CT molecular complexity index is 656. The summed E-state index contributed by atoms with van der Waals surface area (Å²) in [7, 11) is 1.51. The lowest BCUT2D eigenvalue weighted by atomic mass is 10.2. The molecule has 0 unspecified atom stereocenters. The molecule has 0 aliphatic heterocycles. The maximum Gasteiger partial charge on any atom is 0.416 e. The predicted octanol–water partition coefficient (Wildman–Crippen LogP) is 4.85. The standard InChI is InChI=1S/C14H13ClF3N3/c1-8-3-4-10(15)11(5-8)20-13-7-9(14(16,17)18)6-12(19-2)21-13/h3-7H,1-2H3,(H2,19,20,21). The van der Waals surface area contributed by atoms with Gasteiger partial charge in [-0.05, 0) is 36.8 Å². The lowest BCUT2D eigenvalue weighted by molar-refractivity contribution is -0.137. The molecule has 0 atom stereocenters. The highest BCUT2D eigenvalue weighted by Crippen LogP contribution is 2.33. The van der Waals surface area contributed by atoms with Crippen molar-refractivity contribution < 1.29 is 13.2 Å². The Hall–Kier alpha value is -1.95. The number of halogens is 4. The first-order valence-corrected chi connectivity index (χ1v) is 6.47. The molecule has 0 aliphatic carbocycles. The smallest absolute Gasteiger partial charge is 0.373 e. The third-order valence-electron chi connectivity index (χ3n) is 2.79. The third-order valence-corrected chi connectivity index (χ3v) is 3.12. The van der Waals surface area contributed by atoms with Crippen LogP contribution >= 0.6 is 11.6 Å². The van der Waals surface area contributed by atoms with Gasteiger partial charge < -0.3 is 10.6 Å². The fraction of sp³-hybridized carbons (Fsp3) is 0.214. The second-order valence-corrected chi connectivity index (χ2v) is 4.89. The van der Waals surface area contributed by atoms with E-state index >= 15 is 0 Å². The zero-order chi connectivity index (χ0) is 15.6. The number of benzene rings is 1. The molecule has 2 rings (SSSR count). The molecular formula is C14H13ClF3N3. The van der Waals surface area contributed by atoms with E-state index in [0.717, 1.165) is 17.7 Å². The van der Waals surface area contributed by atoms with E-state index in [2.05, 4.69) is 15.6 Å². The Morgan fingerprint density at radius 1 is 1.10 bits per heavy atom. The molecule has 0 spiro atoms. The monoisotopic (exact) mass is 315 g/mol. The Morgan fingerprint density at radius 2 is 1.76 bits per heavy atom. The van der Waals surface area contributed by atoms with Gasteiger partial charge in [-0.3, -0.25) is 0 Å². The fourth-order valence-electron chi connectivity index (χ4n) is 1.76. The van der Waals surface area contributed by atoms with E-state index in [9.17, 15) is 13.2 Å². The second kappa shape index (κ2) is 5.81. The Morgan fingerprint density at radius 3 is 2.38 bits per heavy atom. The van der Waals surface area contributed by atoms with Gasteiger partial charge in [0.15, 0.2) is 0 Å². The molecule has 2 aromatic rings. The quantitative estimate of drug-likeness (QED) is 0.850. The first-order chi connectivity index (χ1) is 9.79. The van der Waals surface area contributed by atoms with Crippen molar-refractivity contribution in [2.45, 2.75) is 13.1 Å². The van der Waals surface area contributed by atoms with E-state index in [-0.39, 0.29) is 11.6 Å². The van der Waals surface area contributed by atoms with Crippen molar-refractivity contribution in [2.75, 3.05) is 17.7 Å². The molecular weight excluding hydrogens is 303 g/mol. The summed E-state index contributed by atoms with van der Waals surface area (Å²) in [5.41, 5.74) is 0.654. The van der Waals surface area contributed by atoms with Gasteiger partial charge in [-0.15, -0.1) is 0 Å². The van der Waals surface area contributed by atoms with Gasteiger partial charge >= 0.3 is 6.18 Å². The number of rotatable bonds is 3. The number of nitrogens with one attached hydrogen (secondary N) is 2. The van der Waals surface area contributed by atoms with Crippen molar-refractivity contribution in [1.82, 2.24) is 4.98 Å². The summed E-state index contributed by atoms with van der Waals surface area (Å²) in [5, 5.41) is 5.83. The van der Waals surface area contributed by atoms with Crippen LogP contribution in [0.25, 0.3) is 0 Å². The van der Waals surface area contributed by atoms with Gasteiger partial charge in [0.1, 0.15) is 11.6 Å². The first-order valence-electron chi connectivity index (χ1n) is 6.10. The van der Waals surface area contributed by atoms with Crippen molar-refractivity contribution in [3.63, 3.8) is 0 Å². The van der Waals surface area contributed by atoms with Gasteiger partial charge in [0.25, 0.3) is 0 Å². The number of aryl methyl sites for hydroxylation is 1. The molecule has 1 heterocycles. The minimum absolute atomic E-state index is 0.0710. The Labute approximate surface area is 125 Å². The van der Waals surface area contributed by atoms with Crippen LogP contribution in [0, 0.1) is 6.92 Å². The van der Waals surface area contributed by atoms with E-state index in [1.165, 1.54) is 7.05 Å². The van der Waals surface area contributed by atoms with Crippen LogP contribution in [0.2, 0.25) is 5.02 Å². The van der Waals surface area contributed by atoms with E-state index < -0.39 is 11.7 Å². The number of hydrogen-bond donors (Lipinski definition) is 2. The number of nitrogens with zero attached hydrogens (tertiary/aromatic N) is 1. The van der Waals surface area contributed by atoms with Gasteiger partial charge in [-0.2, -0.15) is 13.2 Å². The highest BCUT2D eigenvalue weighted by molar-refractivity contribution is 6.33. The van der Waals surface area contributed by atoms with Crippen molar-refractivity contribution in [3.05, 3.63) is 46.5 Å². The zero-order valence-corrected chi connectivity index (χ0v) is 12.1. The number of alkyl halides is 3. The highest BCUT2D eigenvalue weighted by Gasteiger charge is 2.31. The van der Waals surface area contributed by atoms with Crippen LogP contribution in [-0.2, 0) is 6.18 Å². The summed E-state index contributed by atoms with van der Waals surface area (Å²) in [5.74, 6) is 0.192. The van der Waals surface area contributed by atoms with Crippen LogP contribution in [0.3, 0.4) is 0 Å². The van der Waals surface area contributed by atoms with Crippen molar-refractivity contribution in [1.29, 1.82) is 0 Å². The van der Waals surface area contributed by atoms with Gasteiger partial charge in [0.2, 0.25) is 0 Å². The molecule has 2 N–H and O–H groups in total. The second-order valence-electron chi connectivity index (χ2n) is 4.48. The molecule has 1 aromatic carbocycles. The van der Waals surface area contributed by atoms with Gasteiger partial charge in [0, 0.05) is 7.05 Å². The summed E-state index contributed by atoms with van der Waals surface area (Å²) in [6.07, 6.45) is -4.44. The molecule has 0 aliphatic rings. The largest absolute Gasteiger partial charge is 0.416 e. The third kappa shape index (κ3) is 3.78. The van der Waals surface area contributed by atoms with Crippen LogP contribution < -0.4 is 10.6 Å². The minimum atomic E-state index is -4.44. The SMILES string of the molecule is CNc1cc(C(F)(F)F)cc(Nc2cc(C)ccc2Cl)n1. The number of hydrogen-bond acceptors (Lipinski definition) is 3. The number of aromatic nitrogens is 1. The first kappa shape index (κ1) is 15.4. The summed E-state index contributed by atoms with van der Waals surface area (Å²) in [6.45, 7) is 1.86. The molecule has 112 valence electrons. The molecule has 1 aromatic heterocycles. The normalized spacial score (nSPS) is 11.3. The molecule has 0 saturated heterocycles. The average Bonchev–Trinajstić information content (AvgIpc) is 2.41. The van der Waals surface area contributed by atoms with Crippen LogP contribution in [0.5, 0.6) is 0 Å². The van der Waals surface area contributed by atoms with Gasteiger partial charge in [-0.25, -0.2) is 4.98 Å². The predicted molar refractivity (Wildman–Crippen MR) is 78.3 cm³/mol. The number of anilines is 3. The molecule has 0 fully saturated rings. The van der Waals surface area contributed by atoms with E-state index in [1.807, 2.05) is 13.0 Å². The molecule has 0 radical (unpaired) electrons. The Balaban J connectivity index is 2.42. The minimum Gasteiger partial charge on any atom is -0.373 e. The van der Waals surface area contributed by atoms with Crippen molar-refractivity contribution in [2.24, 2.45) is 0 Å².